The van der Waals surface area contributed by atoms with Crippen LogP contribution in [-0.2, 0) is 4.79 Å². The van der Waals surface area contributed by atoms with E-state index in [0.29, 0.717) is 38.2 Å². The van der Waals surface area contributed by atoms with Crippen molar-refractivity contribution in [2.45, 2.75) is 19.4 Å². The second-order valence-corrected chi connectivity index (χ2v) is 6.87. The predicted octanol–water partition coefficient (Wildman–Crippen LogP) is 2.93. The third-order valence-corrected chi connectivity index (χ3v) is 4.87. The second-order valence-electron chi connectivity index (χ2n) is 6.87. The molecule has 2 amide bonds. The van der Waals surface area contributed by atoms with Gasteiger partial charge in [0.1, 0.15) is 11.9 Å². The zero-order valence-electron chi connectivity index (χ0n) is 15.8. The first-order valence-corrected chi connectivity index (χ1v) is 9.11. The molecule has 1 aliphatic heterocycles. The molecule has 0 spiro atoms. The lowest BCUT2D eigenvalue weighted by Gasteiger charge is -2.25. The highest BCUT2D eigenvalue weighted by atomic mass is 35.5. The molecule has 0 saturated carbocycles. The minimum Gasteiger partial charge on any atom is -0.339 e. The van der Waals surface area contributed by atoms with E-state index in [9.17, 15) is 14.0 Å². The number of hydrogen-bond donors (Lipinski definition) is 1. The van der Waals surface area contributed by atoms with Gasteiger partial charge in [-0.3, -0.25) is 9.59 Å². The van der Waals surface area contributed by atoms with Crippen molar-refractivity contribution in [3.8, 4) is 0 Å². The smallest absolute Gasteiger partial charge is 0.254 e. The van der Waals surface area contributed by atoms with Gasteiger partial charge in [-0.25, -0.2) is 4.39 Å². The van der Waals surface area contributed by atoms with Gasteiger partial charge in [-0.05, 0) is 37.1 Å². The molecule has 1 unspecified atom stereocenters. The van der Waals surface area contributed by atoms with Gasteiger partial charge in [-0.1, -0.05) is 35.9 Å². The van der Waals surface area contributed by atoms with E-state index in [1.807, 2.05) is 31.2 Å². The molecule has 1 fully saturated rings. The molecule has 1 aliphatic rings. The summed E-state index contributed by atoms with van der Waals surface area (Å²) < 4.78 is 13.4. The average molecular weight is 406 g/mol. The predicted molar refractivity (Wildman–Crippen MR) is 109 cm³/mol. The molecular weight excluding hydrogens is 381 g/mol. The normalized spacial score (nSPS) is 15.4. The van der Waals surface area contributed by atoms with Crippen LogP contribution in [0.3, 0.4) is 0 Å². The highest BCUT2D eigenvalue weighted by Crippen LogP contribution is 2.17. The quantitative estimate of drug-likeness (QED) is 0.853. The van der Waals surface area contributed by atoms with Gasteiger partial charge >= 0.3 is 0 Å². The van der Waals surface area contributed by atoms with Crippen molar-refractivity contribution in [1.82, 2.24) is 9.80 Å². The molecule has 2 aromatic rings. The number of halogens is 2. The molecule has 28 heavy (non-hydrogen) atoms. The van der Waals surface area contributed by atoms with Crippen molar-refractivity contribution in [2.24, 2.45) is 5.73 Å². The number of carbonyl (C=O) groups excluding carboxylic acids is 2. The Labute approximate surface area is 170 Å². The summed E-state index contributed by atoms with van der Waals surface area (Å²) in [6, 6.07) is 12.6. The maximum absolute atomic E-state index is 13.4. The summed E-state index contributed by atoms with van der Waals surface area (Å²) in [4.78, 5) is 28.8. The number of benzene rings is 2. The number of nitrogens with two attached hydrogens (primary N) is 1. The fraction of sp³-hybridized carbons (Fsp3) is 0.333. The van der Waals surface area contributed by atoms with Crippen LogP contribution in [0.4, 0.5) is 4.39 Å². The van der Waals surface area contributed by atoms with E-state index in [1.165, 1.54) is 18.2 Å². The molecule has 0 radical (unpaired) electrons. The van der Waals surface area contributed by atoms with Crippen LogP contribution in [0.1, 0.15) is 33.9 Å². The number of hydrogen-bond acceptors (Lipinski definition) is 3. The fourth-order valence-corrected chi connectivity index (χ4v) is 3.26. The monoisotopic (exact) mass is 405 g/mol. The Balaban J connectivity index is 0.00000280. The maximum Gasteiger partial charge on any atom is 0.254 e. The molecule has 0 bridgehead atoms. The molecule has 1 atom stereocenters. The van der Waals surface area contributed by atoms with Gasteiger partial charge in [0.25, 0.3) is 5.91 Å². The Morgan fingerprint density at radius 3 is 2.32 bits per heavy atom. The third kappa shape index (κ3) is 5.09. The van der Waals surface area contributed by atoms with E-state index in [-0.39, 0.29) is 24.2 Å². The first-order valence-electron chi connectivity index (χ1n) is 9.11. The van der Waals surface area contributed by atoms with Crippen LogP contribution in [0, 0.1) is 12.7 Å². The van der Waals surface area contributed by atoms with Crippen molar-refractivity contribution in [2.75, 3.05) is 26.2 Å². The number of aryl methyl sites for hydroxylation is 1. The van der Waals surface area contributed by atoms with E-state index in [4.69, 9.17) is 5.73 Å². The molecule has 0 aliphatic carbocycles. The SMILES string of the molecule is Cc1ccc(C(N)C(=O)N2CCCN(C(=O)c3cccc(F)c3)CC2)cc1.Cl. The van der Waals surface area contributed by atoms with Crippen molar-refractivity contribution >= 4 is 24.2 Å². The van der Waals surface area contributed by atoms with E-state index in [2.05, 4.69) is 0 Å². The van der Waals surface area contributed by atoms with Crippen LogP contribution in [0.15, 0.2) is 48.5 Å². The van der Waals surface area contributed by atoms with Crippen LogP contribution in [0.2, 0.25) is 0 Å². The third-order valence-electron chi connectivity index (χ3n) is 4.87. The Morgan fingerprint density at radius 1 is 1.00 bits per heavy atom. The summed E-state index contributed by atoms with van der Waals surface area (Å²) in [6.07, 6.45) is 0.660. The van der Waals surface area contributed by atoms with Crippen molar-refractivity contribution in [1.29, 1.82) is 0 Å². The van der Waals surface area contributed by atoms with E-state index >= 15 is 0 Å². The van der Waals surface area contributed by atoms with Crippen molar-refractivity contribution < 1.29 is 14.0 Å². The Kier molecular flexibility index (Phi) is 7.54. The number of amides is 2. The molecule has 2 aromatic carbocycles. The van der Waals surface area contributed by atoms with Gasteiger partial charge in [0.05, 0.1) is 0 Å². The Bertz CT molecular complexity index is 829. The van der Waals surface area contributed by atoms with Gasteiger partial charge < -0.3 is 15.5 Å². The first-order chi connectivity index (χ1) is 13.0. The molecular formula is C21H25ClFN3O2. The molecule has 2 N–H and O–H groups in total. The Morgan fingerprint density at radius 2 is 1.64 bits per heavy atom. The van der Waals surface area contributed by atoms with Gasteiger partial charge in [0.2, 0.25) is 5.91 Å². The molecule has 3 rings (SSSR count). The topological polar surface area (TPSA) is 66.6 Å². The van der Waals surface area contributed by atoms with Crippen LogP contribution in [0.5, 0.6) is 0 Å². The number of carbonyl (C=O) groups is 2. The Hall–Kier alpha value is -2.44. The average Bonchev–Trinajstić information content (AvgIpc) is 2.93. The molecule has 1 saturated heterocycles. The zero-order valence-corrected chi connectivity index (χ0v) is 16.6. The van der Waals surface area contributed by atoms with Gasteiger partial charge in [0.15, 0.2) is 0 Å². The summed E-state index contributed by atoms with van der Waals surface area (Å²) in [5.74, 6) is -0.790. The summed E-state index contributed by atoms with van der Waals surface area (Å²) >= 11 is 0. The summed E-state index contributed by atoms with van der Waals surface area (Å²) in [5, 5.41) is 0. The lowest BCUT2D eigenvalue weighted by molar-refractivity contribution is -0.132. The van der Waals surface area contributed by atoms with Crippen LogP contribution >= 0.6 is 12.4 Å². The molecule has 0 aromatic heterocycles. The first kappa shape index (κ1) is 21.9. The van der Waals surface area contributed by atoms with E-state index < -0.39 is 11.9 Å². The highest BCUT2D eigenvalue weighted by Gasteiger charge is 2.26. The summed E-state index contributed by atoms with van der Waals surface area (Å²) in [6.45, 7) is 3.88. The van der Waals surface area contributed by atoms with Gasteiger partial charge in [-0.2, -0.15) is 0 Å². The maximum atomic E-state index is 13.4. The summed E-state index contributed by atoms with van der Waals surface area (Å²) in [7, 11) is 0. The largest absolute Gasteiger partial charge is 0.339 e. The van der Waals surface area contributed by atoms with Crippen LogP contribution < -0.4 is 5.73 Å². The van der Waals surface area contributed by atoms with Crippen molar-refractivity contribution in [3.63, 3.8) is 0 Å². The lowest BCUT2D eigenvalue weighted by Crippen LogP contribution is -2.41. The van der Waals surface area contributed by atoms with Gasteiger partial charge in [0, 0.05) is 31.7 Å². The van der Waals surface area contributed by atoms with Crippen LogP contribution in [-0.4, -0.2) is 47.8 Å². The van der Waals surface area contributed by atoms with Crippen LogP contribution in [0.25, 0.3) is 0 Å². The standard InChI is InChI=1S/C21H24FN3O2.ClH/c1-15-6-8-16(9-7-15)19(23)21(27)25-11-3-10-24(12-13-25)20(26)17-4-2-5-18(22)14-17;/h2,4-9,14,19H,3,10-13,23H2,1H3;1H. The molecule has 7 heteroatoms. The molecule has 1 heterocycles. The van der Waals surface area contributed by atoms with E-state index in [1.54, 1.807) is 15.9 Å². The van der Waals surface area contributed by atoms with E-state index in [0.717, 1.165) is 11.1 Å². The molecule has 5 nitrogen and oxygen atoms in total. The fourth-order valence-electron chi connectivity index (χ4n) is 3.26. The summed E-state index contributed by atoms with van der Waals surface area (Å²) in [5.41, 5.74) is 8.38. The lowest BCUT2D eigenvalue weighted by atomic mass is 10.0. The van der Waals surface area contributed by atoms with Crippen molar-refractivity contribution in [3.05, 3.63) is 71.0 Å². The number of rotatable bonds is 3. The second kappa shape index (κ2) is 9.66. The van der Waals surface area contributed by atoms with Gasteiger partial charge in [-0.15, -0.1) is 12.4 Å². The zero-order chi connectivity index (χ0) is 19.4. The minimum absolute atomic E-state index is 0. The number of nitrogens with zero attached hydrogens (tertiary/aromatic N) is 2. The minimum atomic E-state index is -0.712. The highest BCUT2D eigenvalue weighted by molar-refractivity contribution is 5.94. The molecule has 150 valence electrons.